The minimum absolute atomic E-state index is 0. The van der Waals surface area contributed by atoms with Gasteiger partial charge in [0.2, 0.25) is 6.79 Å². The zero-order chi connectivity index (χ0) is 18.5. The smallest absolute Gasteiger partial charge is 0.231 e. The molecule has 28 heavy (non-hydrogen) atoms. The van der Waals surface area contributed by atoms with E-state index in [9.17, 15) is 0 Å². The maximum absolute atomic E-state index is 5.66. The number of hydrogen-bond donors (Lipinski definition) is 2. The number of hydrogen-bond acceptors (Lipinski definition) is 4. The molecule has 0 saturated carbocycles. The number of nitrogens with one attached hydrogen (secondary N) is 2. The minimum Gasteiger partial charge on any atom is -0.454 e. The molecule has 1 aromatic carbocycles. The highest BCUT2D eigenvalue weighted by Crippen LogP contribution is 2.41. The summed E-state index contributed by atoms with van der Waals surface area (Å²) in [5.41, 5.74) is 1.23. The van der Waals surface area contributed by atoms with E-state index < -0.39 is 0 Å². The second kappa shape index (κ2) is 9.82. The van der Waals surface area contributed by atoms with Gasteiger partial charge in [-0.3, -0.25) is 4.99 Å². The summed E-state index contributed by atoms with van der Waals surface area (Å²) in [6.07, 6.45) is 8.50. The van der Waals surface area contributed by atoms with Crippen molar-refractivity contribution in [3.63, 3.8) is 0 Å². The van der Waals surface area contributed by atoms with Gasteiger partial charge in [0, 0.05) is 31.2 Å². The van der Waals surface area contributed by atoms with Crippen molar-refractivity contribution in [3.05, 3.63) is 35.9 Å². The van der Waals surface area contributed by atoms with Crippen LogP contribution in [-0.2, 0) is 10.2 Å². The molecule has 2 N–H and O–H groups in total. The zero-order valence-corrected chi connectivity index (χ0v) is 18.7. The monoisotopic (exact) mass is 499 g/mol. The fourth-order valence-electron chi connectivity index (χ4n) is 4.01. The van der Waals surface area contributed by atoms with Crippen LogP contribution in [0.2, 0.25) is 0 Å². The predicted molar refractivity (Wildman–Crippen MR) is 121 cm³/mol. The number of nitrogens with zero attached hydrogens (tertiary/aromatic N) is 1. The third-order valence-corrected chi connectivity index (χ3v) is 5.67. The SMILES string of the molecule is CCNC(=NCC1(c2ccc3c(c2)OCO3)CCOCC1)NC1CC=CC1.I. The van der Waals surface area contributed by atoms with Gasteiger partial charge in [-0.1, -0.05) is 18.2 Å². The fraction of sp³-hybridized carbons (Fsp3) is 0.571. The normalized spacial score (nSPS) is 20.7. The van der Waals surface area contributed by atoms with E-state index in [2.05, 4.69) is 41.8 Å². The van der Waals surface area contributed by atoms with Crippen molar-refractivity contribution in [2.45, 2.75) is 44.1 Å². The minimum atomic E-state index is -0.0322. The predicted octanol–water partition coefficient (Wildman–Crippen LogP) is 3.36. The zero-order valence-electron chi connectivity index (χ0n) is 16.4. The van der Waals surface area contributed by atoms with Gasteiger partial charge in [0.15, 0.2) is 17.5 Å². The number of rotatable bonds is 5. The van der Waals surface area contributed by atoms with Crippen molar-refractivity contribution < 1.29 is 14.2 Å². The Kier molecular flexibility index (Phi) is 7.45. The van der Waals surface area contributed by atoms with E-state index in [-0.39, 0.29) is 29.4 Å². The molecule has 1 aromatic rings. The summed E-state index contributed by atoms with van der Waals surface area (Å²) in [5, 5.41) is 6.96. The second-order valence-electron chi connectivity index (χ2n) is 7.44. The Morgan fingerprint density at radius 2 is 1.89 bits per heavy atom. The Morgan fingerprint density at radius 1 is 1.14 bits per heavy atom. The summed E-state index contributed by atoms with van der Waals surface area (Å²) in [4.78, 5) is 4.98. The molecule has 0 spiro atoms. The van der Waals surface area contributed by atoms with E-state index in [4.69, 9.17) is 19.2 Å². The van der Waals surface area contributed by atoms with Gasteiger partial charge in [0.05, 0.1) is 6.54 Å². The van der Waals surface area contributed by atoms with E-state index in [0.29, 0.717) is 12.8 Å². The first-order valence-corrected chi connectivity index (χ1v) is 9.97. The highest BCUT2D eigenvalue weighted by atomic mass is 127. The number of guanidine groups is 1. The Hall–Kier alpha value is -1.48. The van der Waals surface area contributed by atoms with Crippen LogP contribution in [0.1, 0.15) is 38.2 Å². The topological polar surface area (TPSA) is 64.1 Å². The molecule has 154 valence electrons. The molecule has 1 saturated heterocycles. The van der Waals surface area contributed by atoms with Crippen LogP contribution in [-0.4, -0.2) is 45.1 Å². The molecule has 7 heteroatoms. The van der Waals surface area contributed by atoms with E-state index in [1.165, 1.54) is 5.56 Å². The van der Waals surface area contributed by atoms with Crippen LogP contribution in [0.25, 0.3) is 0 Å². The van der Waals surface area contributed by atoms with Gasteiger partial charge in [-0.25, -0.2) is 0 Å². The Morgan fingerprint density at radius 3 is 2.64 bits per heavy atom. The van der Waals surface area contributed by atoms with Gasteiger partial charge < -0.3 is 24.8 Å². The quantitative estimate of drug-likeness (QED) is 0.282. The lowest BCUT2D eigenvalue weighted by Crippen LogP contribution is -2.44. The van der Waals surface area contributed by atoms with Gasteiger partial charge in [0.25, 0.3) is 0 Å². The molecule has 0 aromatic heterocycles. The van der Waals surface area contributed by atoms with Gasteiger partial charge in [-0.2, -0.15) is 0 Å². The number of fused-ring (bicyclic) bond motifs is 1. The molecule has 1 fully saturated rings. The molecule has 0 amide bonds. The van der Waals surface area contributed by atoms with Crippen molar-refractivity contribution in [2.24, 2.45) is 4.99 Å². The molecule has 0 radical (unpaired) electrons. The summed E-state index contributed by atoms with van der Waals surface area (Å²) in [5.74, 6) is 2.57. The third kappa shape index (κ3) is 4.74. The molecule has 2 heterocycles. The highest BCUT2D eigenvalue weighted by molar-refractivity contribution is 14.0. The van der Waals surface area contributed by atoms with Crippen LogP contribution in [0.3, 0.4) is 0 Å². The summed E-state index contributed by atoms with van der Waals surface area (Å²) in [6.45, 7) is 5.52. The summed E-state index contributed by atoms with van der Waals surface area (Å²) in [6, 6.07) is 6.76. The largest absolute Gasteiger partial charge is 0.454 e. The maximum atomic E-state index is 5.66. The Balaban J connectivity index is 0.00000225. The fourth-order valence-corrected chi connectivity index (χ4v) is 4.01. The molecular weight excluding hydrogens is 469 g/mol. The number of aliphatic imine (C=N–C) groups is 1. The standard InChI is InChI=1S/C21H29N3O3.HI/c1-2-22-20(24-17-5-3-4-6-17)23-14-21(9-11-25-12-10-21)16-7-8-18-19(13-16)27-15-26-18;/h3-4,7-8,13,17H,2,5-6,9-12,14-15H2,1H3,(H2,22,23,24);1H. The summed E-state index contributed by atoms with van der Waals surface area (Å²) in [7, 11) is 0. The van der Waals surface area contributed by atoms with E-state index in [0.717, 1.165) is 69.4 Å². The van der Waals surface area contributed by atoms with Gasteiger partial charge in [0.1, 0.15) is 0 Å². The summed E-state index contributed by atoms with van der Waals surface area (Å²) >= 11 is 0. The lowest BCUT2D eigenvalue weighted by molar-refractivity contribution is 0.0530. The highest BCUT2D eigenvalue weighted by Gasteiger charge is 2.35. The van der Waals surface area contributed by atoms with Crippen molar-refractivity contribution in [1.29, 1.82) is 0 Å². The molecule has 6 nitrogen and oxygen atoms in total. The van der Waals surface area contributed by atoms with Crippen LogP contribution >= 0.6 is 24.0 Å². The average Bonchev–Trinajstić information content (AvgIpc) is 3.38. The Bertz CT molecular complexity index is 709. The summed E-state index contributed by atoms with van der Waals surface area (Å²) < 4.78 is 16.7. The average molecular weight is 499 g/mol. The van der Waals surface area contributed by atoms with E-state index in [1.54, 1.807) is 0 Å². The van der Waals surface area contributed by atoms with Gasteiger partial charge in [-0.15, -0.1) is 24.0 Å². The van der Waals surface area contributed by atoms with Crippen LogP contribution < -0.4 is 20.1 Å². The number of halogens is 1. The lowest BCUT2D eigenvalue weighted by Gasteiger charge is -2.37. The van der Waals surface area contributed by atoms with Crippen molar-refractivity contribution in [3.8, 4) is 11.5 Å². The Labute approximate surface area is 184 Å². The van der Waals surface area contributed by atoms with Crippen LogP contribution in [0.5, 0.6) is 11.5 Å². The first-order valence-electron chi connectivity index (χ1n) is 9.97. The third-order valence-electron chi connectivity index (χ3n) is 5.67. The van der Waals surface area contributed by atoms with Crippen molar-refractivity contribution >= 4 is 29.9 Å². The number of ether oxygens (including phenoxy) is 3. The maximum Gasteiger partial charge on any atom is 0.231 e. The first kappa shape index (κ1) is 21.2. The van der Waals surface area contributed by atoms with Crippen molar-refractivity contribution in [1.82, 2.24) is 10.6 Å². The van der Waals surface area contributed by atoms with Crippen LogP contribution in [0.4, 0.5) is 0 Å². The first-order chi connectivity index (χ1) is 13.3. The molecule has 1 aliphatic carbocycles. The molecule has 0 unspecified atom stereocenters. The molecule has 0 atom stereocenters. The van der Waals surface area contributed by atoms with E-state index in [1.807, 2.05) is 6.07 Å². The second-order valence-corrected chi connectivity index (χ2v) is 7.44. The van der Waals surface area contributed by atoms with Crippen LogP contribution in [0, 0.1) is 0 Å². The van der Waals surface area contributed by atoms with Crippen molar-refractivity contribution in [2.75, 3.05) is 33.1 Å². The lowest BCUT2D eigenvalue weighted by atomic mass is 9.74. The molecular formula is C21H30IN3O3. The van der Waals surface area contributed by atoms with E-state index >= 15 is 0 Å². The van der Waals surface area contributed by atoms with Gasteiger partial charge >= 0.3 is 0 Å². The molecule has 4 rings (SSSR count). The molecule has 2 aliphatic heterocycles. The molecule has 3 aliphatic rings. The number of benzene rings is 1. The molecule has 0 bridgehead atoms. The van der Waals surface area contributed by atoms with Gasteiger partial charge in [-0.05, 0) is 50.3 Å². The van der Waals surface area contributed by atoms with Crippen LogP contribution in [0.15, 0.2) is 35.3 Å².